The number of hydrogen-bond donors (Lipinski definition) is 0. The standard InChI is InChI=1S/C11H17N2/c1-12(2)9-10-7-5-6-8-11(10)13(3)4/h5,7-8H,9H2,1-4H3. The Labute approximate surface area is 80.8 Å². The van der Waals surface area contributed by atoms with Crippen LogP contribution in [-0.4, -0.2) is 33.1 Å². The molecule has 2 nitrogen and oxygen atoms in total. The van der Waals surface area contributed by atoms with Crippen LogP contribution in [-0.2, 0) is 6.54 Å². The molecule has 1 radical (unpaired) electrons. The summed E-state index contributed by atoms with van der Waals surface area (Å²) < 4.78 is 0. The summed E-state index contributed by atoms with van der Waals surface area (Å²) in [6.07, 6.45) is 0. The van der Waals surface area contributed by atoms with E-state index >= 15 is 0 Å². The molecule has 1 rings (SSSR count). The second-order valence-electron chi connectivity index (χ2n) is 3.69. The van der Waals surface area contributed by atoms with Gasteiger partial charge in [-0.15, -0.1) is 0 Å². The fraction of sp³-hybridized carbons (Fsp3) is 0.455. The van der Waals surface area contributed by atoms with Gasteiger partial charge in [-0.25, -0.2) is 0 Å². The van der Waals surface area contributed by atoms with E-state index in [1.165, 1.54) is 11.3 Å². The van der Waals surface area contributed by atoms with Crippen LogP contribution in [0.1, 0.15) is 5.56 Å². The number of hydrogen-bond acceptors (Lipinski definition) is 2. The zero-order valence-corrected chi connectivity index (χ0v) is 8.83. The molecule has 0 N–H and O–H groups in total. The van der Waals surface area contributed by atoms with E-state index in [0.717, 1.165) is 6.54 Å². The van der Waals surface area contributed by atoms with Crippen molar-refractivity contribution in [3.05, 3.63) is 29.8 Å². The van der Waals surface area contributed by atoms with Crippen molar-refractivity contribution < 1.29 is 0 Å². The Morgan fingerprint density at radius 1 is 1.23 bits per heavy atom. The van der Waals surface area contributed by atoms with Crippen LogP contribution in [0.2, 0.25) is 0 Å². The molecule has 0 fully saturated rings. The molecule has 0 amide bonds. The Bertz CT molecular complexity index is 267. The summed E-state index contributed by atoms with van der Waals surface area (Å²) in [4.78, 5) is 4.29. The summed E-state index contributed by atoms with van der Waals surface area (Å²) in [6.45, 7) is 0.974. The minimum atomic E-state index is 0.974. The van der Waals surface area contributed by atoms with E-state index in [4.69, 9.17) is 0 Å². The lowest BCUT2D eigenvalue weighted by atomic mass is 10.1. The monoisotopic (exact) mass is 177 g/mol. The molecule has 0 bridgehead atoms. The number of anilines is 1. The highest BCUT2D eigenvalue weighted by atomic mass is 15.1. The molecule has 0 spiro atoms. The molecule has 0 aromatic heterocycles. The second-order valence-corrected chi connectivity index (χ2v) is 3.69. The summed E-state index contributed by atoms with van der Waals surface area (Å²) in [5.74, 6) is 0. The first-order valence-electron chi connectivity index (χ1n) is 4.42. The average Bonchev–Trinajstić information content (AvgIpc) is 2.03. The van der Waals surface area contributed by atoms with Crippen LogP contribution in [0.5, 0.6) is 0 Å². The predicted octanol–water partition coefficient (Wildman–Crippen LogP) is 1.61. The van der Waals surface area contributed by atoms with E-state index < -0.39 is 0 Å². The summed E-state index contributed by atoms with van der Waals surface area (Å²) in [7, 11) is 8.27. The maximum absolute atomic E-state index is 3.10. The smallest absolute Gasteiger partial charge is 0.0412 e. The van der Waals surface area contributed by atoms with Crippen LogP contribution in [0.4, 0.5) is 5.69 Å². The first kappa shape index (κ1) is 10.1. The Morgan fingerprint density at radius 3 is 2.46 bits per heavy atom. The molecule has 0 atom stereocenters. The molecule has 1 aromatic carbocycles. The molecule has 0 aliphatic carbocycles. The van der Waals surface area contributed by atoms with Gasteiger partial charge in [0.15, 0.2) is 0 Å². The Hall–Kier alpha value is -1.02. The number of rotatable bonds is 3. The Kier molecular flexibility index (Phi) is 3.32. The molecule has 13 heavy (non-hydrogen) atoms. The van der Waals surface area contributed by atoms with Crippen LogP contribution >= 0.6 is 0 Å². The third-order valence-corrected chi connectivity index (χ3v) is 1.90. The lowest BCUT2D eigenvalue weighted by molar-refractivity contribution is 0.403. The zero-order valence-electron chi connectivity index (χ0n) is 8.83. The van der Waals surface area contributed by atoms with Crippen LogP contribution in [0.15, 0.2) is 18.2 Å². The summed E-state index contributed by atoms with van der Waals surface area (Å²) >= 11 is 0. The molecule has 0 aliphatic heterocycles. The molecule has 0 unspecified atom stereocenters. The highest BCUT2D eigenvalue weighted by molar-refractivity contribution is 5.51. The minimum absolute atomic E-state index is 0.974. The highest BCUT2D eigenvalue weighted by Crippen LogP contribution is 2.18. The van der Waals surface area contributed by atoms with Crippen LogP contribution in [0.25, 0.3) is 0 Å². The van der Waals surface area contributed by atoms with Gasteiger partial charge in [0, 0.05) is 26.3 Å². The van der Waals surface area contributed by atoms with Crippen LogP contribution in [0, 0.1) is 6.07 Å². The van der Waals surface area contributed by atoms with Crippen LogP contribution < -0.4 is 4.90 Å². The predicted molar refractivity (Wildman–Crippen MR) is 57.0 cm³/mol. The minimum Gasteiger partial charge on any atom is -0.377 e. The molecule has 0 saturated heterocycles. The number of benzene rings is 1. The SMILES string of the molecule is CN(C)Cc1cc[c]cc1N(C)C. The maximum Gasteiger partial charge on any atom is 0.0412 e. The van der Waals surface area contributed by atoms with Gasteiger partial charge in [-0.2, -0.15) is 0 Å². The maximum atomic E-state index is 3.10. The van der Waals surface area contributed by atoms with E-state index in [1.807, 2.05) is 12.1 Å². The van der Waals surface area contributed by atoms with Crippen molar-refractivity contribution in [2.45, 2.75) is 6.54 Å². The molecule has 0 aliphatic rings. The fourth-order valence-electron chi connectivity index (χ4n) is 1.34. The van der Waals surface area contributed by atoms with Gasteiger partial charge >= 0.3 is 0 Å². The largest absolute Gasteiger partial charge is 0.377 e. The van der Waals surface area contributed by atoms with Crippen molar-refractivity contribution >= 4 is 5.69 Å². The normalized spacial score (nSPS) is 10.5. The molecule has 0 saturated carbocycles. The van der Waals surface area contributed by atoms with Crippen molar-refractivity contribution in [3.63, 3.8) is 0 Å². The molecule has 2 heteroatoms. The van der Waals surface area contributed by atoms with E-state index in [-0.39, 0.29) is 0 Å². The second kappa shape index (κ2) is 4.28. The van der Waals surface area contributed by atoms with E-state index in [0.29, 0.717) is 0 Å². The van der Waals surface area contributed by atoms with Crippen molar-refractivity contribution in [2.24, 2.45) is 0 Å². The van der Waals surface area contributed by atoms with Crippen molar-refractivity contribution in [1.29, 1.82) is 0 Å². The third-order valence-electron chi connectivity index (χ3n) is 1.90. The lowest BCUT2D eigenvalue weighted by Crippen LogP contribution is -2.16. The van der Waals surface area contributed by atoms with Crippen molar-refractivity contribution in [1.82, 2.24) is 4.90 Å². The van der Waals surface area contributed by atoms with Gasteiger partial charge in [-0.05, 0) is 31.8 Å². The van der Waals surface area contributed by atoms with Gasteiger partial charge in [0.25, 0.3) is 0 Å². The van der Waals surface area contributed by atoms with Gasteiger partial charge < -0.3 is 9.80 Å². The zero-order chi connectivity index (χ0) is 9.84. The quantitative estimate of drug-likeness (QED) is 0.692. The average molecular weight is 177 g/mol. The van der Waals surface area contributed by atoms with E-state index in [2.05, 4.69) is 50.1 Å². The fourth-order valence-corrected chi connectivity index (χ4v) is 1.34. The summed E-state index contributed by atoms with van der Waals surface area (Å²) in [5, 5.41) is 0. The van der Waals surface area contributed by atoms with E-state index in [1.54, 1.807) is 0 Å². The Balaban J connectivity index is 2.91. The summed E-state index contributed by atoms with van der Waals surface area (Å²) in [6, 6.07) is 9.21. The van der Waals surface area contributed by atoms with Crippen molar-refractivity contribution in [3.8, 4) is 0 Å². The van der Waals surface area contributed by atoms with Crippen molar-refractivity contribution in [2.75, 3.05) is 33.1 Å². The van der Waals surface area contributed by atoms with Crippen LogP contribution in [0.3, 0.4) is 0 Å². The Morgan fingerprint density at radius 2 is 1.92 bits per heavy atom. The van der Waals surface area contributed by atoms with E-state index in [9.17, 15) is 0 Å². The highest BCUT2D eigenvalue weighted by Gasteiger charge is 2.03. The van der Waals surface area contributed by atoms with Gasteiger partial charge in [-0.3, -0.25) is 0 Å². The molecule has 71 valence electrons. The number of nitrogens with zero attached hydrogens (tertiary/aromatic N) is 2. The first-order chi connectivity index (χ1) is 6.11. The van der Waals surface area contributed by atoms with Gasteiger partial charge in [0.1, 0.15) is 0 Å². The molecule has 1 aromatic rings. The molecular weight excluding hydrogens is 160 g/mol. The topological polar surface area (TPSA) is 6.48 Å². The van der Waals surface area contributed by atoms with Gasteiger partial charge in [0.05, 0.1) is 0 Å². The third kappa shape index (κ3) is 2.74. The van der Waals surface area contributed by atoms with Gasteiger partial charge in [0.2, 0.25) is 0 Å². The molecule has 0 heterocycles. The van der Waals surface area contributed by atoms with Gasteiger partial charge in [-0.1, -0.05) is 12.1 Å². The lowest BCUT2D eigenvalue weighted by Gasteiger charge is -2.19. The summed E-state index contributed by atoms with van der Waals surface area (Å²) in [5.41, 5.74) is 2.59. The molecular formula is C11H17N2. The first-order valence-corrected chi connectivity index (χ1v) is 4.42.